The number of carbonyl (C=O) groups is 3. The molecule has 5 aliphatic carbocycles. The van der Waals surface area contributed by atoms with Crippen molar-refractivity contribution in [3.05, 3.63) is 354 Å². The van der Waals surface area contributed by atoms with E-state index in [-0.39, 0.29) is 46.9 Å². The number of amides is 2. The molecule has 10 aromatic carbocycles. The number of primary amides is 1. The Morgan fingerprint density at radius 2 is 0.804 bits per heavy atom. The van der Waals surface area contributed by atoms with Gasteiger partial charge in [0.2, 0.25) is 11.8 Å². The van der Waals surface area contributed by atoms with Crippen LogP contribution in [0.2, 0.25) is 0 Å². The minimum atomic E-state index is -0.961. The number of esters is 1. The first-order valence-corrected chi connectivity index (χ1v) is 32.1. The second-order valence-corrected chi connectivity index (χ2v) is 25.1. The summed E-state index contributed by atoms with van der Waals surface area (Å²) in [4.78, 5) is 35.6. The number of rotatable bonds is 4. The van der Waals surface area contributed by atoms with Gasteiger partial charge in [-0.3, -0.25) is 14.4 Å². The molecular formula is C83H73N5O4. The summed E-state index contributed by atoms with van der Waals surface area (Å²) in [6.45, 7) is 5.03. The van der Waals surface area contributed by atoms with Gasteiger partial charge in [-0.05, 0) is 163 Å². The number of nitriles is 2. The third-order valence-corrected chi connectivity index (χ3v) is 20.0. The van der Waals surface area contributed by atoms with Crippen molar-refractivity contribution in [2.75, 3.05) is 26.2 Å². The summed E-state index contributed by atoms with van der Waals surface area (Å²) in [6, 6.07) is 88.2. The molecule has 4 N–H and O–H groups in total. The van der Waals surface area contributed by atoms with Gasteiger partial charge in [0, 0.05) is 30.3 Å². The van der Waals surface area contributed by atoms with Crippen molar-refractivity contribution >= 4 is 17.8 Å². The molecular weight excluding hydrogens is 1130 g/mol. The van der Waals surface area contributed by atoms with E-state index in [4.69, 9.17) is 10.5 Å². The van der Waals surface area contributed by atoms with Gasteiger partial charge in [0.1, 0.15) is 5.41 Å². The highest BCUT2D eigenvalue weighted by Gasteiger charge is 2.47. The van der Waals surface area contributed by atoms with E-state index in [0.717, 1.165) is 85.1 Å². The molecule has 0 bridgehead atoms. The van der Waals surface area contributed by atoms with Gasteiger partial charge in [-0.15, -0.1) is 0 Å². The first-order chi connectivity index (χ1) is 45.1. The molecule has 2 amide bonds. The van der Waals surface area contributed by atoms with Crippen molar-refractivity contribution in [1.82, 2.24) is 10.6 Å². The molecule has 17 rings (SSSR count). The topological polar surface area (TPSA) is 158 Å². The quantitative estimate of drug-likeness (QED) is 0.148. The van der Waals surface area contributed by atoms with E-state index in [0.29, 0.717) is 13.0 Å². The van der Waals surface area contributed by atoms with E-state index >= 15 is 0 Å². The fraction of sp³-hybridized carbons (Fsp3) is 0.217. The third-order valence-electron chi connectivity index (χ3n) is 20.0. The van der Waals surface area contributed by atoms with Crippen LogP contribution in [0.15, 0.2) is 243 Å². The maximum Gasteiger partial charge on any atom is 0.308 e. The number of hydrogen-bond donors (Lipinski definition) is 3. The van der Waals surface area contributed by atoms with Crippen LogP contribution in [0.3, 0.4) is 0 Å². The minimum Gasteiger partial charge on any atom is -0.466 e. The summed E-state index contributed by atoms with van der Waals surface area (Å²) in [7, 11) is 0. The largest absolute Gasteiger partial charge is 0.466 e. The van der Waals surface area contributed by atoms with Crippen LogP contribution in [0.1, 0.15) is 149 Å². The molecule has 7 aliphatic rings. The fourth-order valence-corrected chi connectivity index (χ4v) is 15.9. The summed E-state index contributed by atoms with van der Waals surface area (Å²) in [5.74, 6) is -0.844. The summed E-state index contributed by atoms with van der Waals surface area (Å²) >= 11 is 0. The Hall–Kier alpha value is -10.5. The Morgan fingerprint density at radius 1 is 0.467 bits per heavy atom. The molecule has 2 saturated heterocycles. The number of nitrogens with two attached hydrogens (primary N) is 1. The molecule has 454 valence electrons. The van der Waals surface area contributed by atoms with Gasteiger partial charge in [0.15, 0.2) is 0 Å². The van der Waals surface area contributed by atoms with Crippen LogP contribution < -0.4 is 16.4 Å². The Kier molecular flexibility index (Phi) is 17.2. The molecule has 0 unspecified atom stereocenters. The Labute approximate surface area is 539 Å². The summed E-state index contributed by atoms with van der Waals surface area (Å²) < 4.78 is 5.11. The van der Waals surface area contributed by atoms with Crippen LogP contribution in [-0.4, -0.2) is 44.0 Å². The van der Waals surface area contributed by atoms with E-state index < -0.39 is 5.41 Å². The molecule has 2 fully saturated rings. The van der Waals surface area contributed by atoms with Crippen LogP contribution in [0.5, 0.6) is 0 Å². The maximum atomic E-state index is 12.1. The molecule has 0 atom stereocenters. The van der Waals surface area contributed by atoms with Crippen LogP contribution in [0.4, 0.5) is 0 Å². The van der Waals surface area contributed by atoms with E-state index in [2.05, 4.69) is 156 Å². The molecule has 2 heterocycles. The van der Waals surface area contributed by atoms with Gasteiger partial charge in [-0.25, -0.2) is 0 Å². The van der Waals surface area contributed by atoms with Gasteiger partial charge in [-0.1, -0.05) is 243 Å². The summed E-state index contributed by atoms with van der Waals surface area (Å²) in [5.41, 5.74) is 29.6. The lowest BCUT2D eigenvalue weighted by atomic mass is 9.65. The first kappa shape index (κ1) is 60.5. The number of nitrogens with zero attached hydrogens (tertiary/aromatic N) is 2. The van der Waals surface area contributed by atoms with Gasteiger partial charge in [0.25, 0.3) is 0 Å². The highest BCUT2D eigenvalue weighted by Crippen LogP contribution is 2.48. The van der Waals surface area contributed by atoms with Crippen molar-refractivity contribution in [1.29, 1.82) is 10.5 Å². The molecule has 10 aromatic rings. The zero-order chi connectivity index (χ0) is 63.2. The zero-order valence-corrected chi connectivity index (χ0v) is 51.8. The van der Waals surface area contributed by atoms with Crippen molar-refractivity contribution in [2.24, 2.45) is 5.73 Å². The molecule has 2 aliphatic heterocycles. The average Bonchev–Trinajstić information content (AvgIpc) is 1.27. The summed E-state index contributed by atoms with van der Waals surface area (Å²) in [5, 5.41) is 25.9. The second-order valence-electron chi connectivity index (χ2n) is 25.1. The molecule has 0 aromatic heterocycles. The van der Waals surface area contributed by atoms with Crippen molar-refractivity contribution in [2.45, 2.75) is 86.4 Å². The van der Waals surface area contributed by atoms with Gasteiger partial charge < -0.3 is 21.1 Å². The van der Waals surface area contributed by atoms with E-state index in [1.165, 1.54) is 73.2 Å². The Morgan fingerprint density at radius 3 is 1.15 bits per heavy atom. The molecule has 9 heteroatoms. The van der Waals surface area contributed by atoms with Crippen molar-refractivity contribution in [3.63, 3.8) is 0 Å². The highest BCUT2D eigenvalue weighted by atomic mass is 16.5. The molecule has 2 spiro atoms. The third kappa shape index (κ3) is 11.3. The SMILES string of the molecule is CCOC(=O)CC1(C#N)c2ccccc2Cc2ccccc21.N#CC1c2ccccc2Cc2ccccc21.NC(=O)C1c2ccccc2Cc2ccccc21.O=C1CC2(CN1)c1ccccc1Cc1ccccc12.c1ccc2c(c1)Cc1ccccc1C21CCNC1. The number of fused-ring (bicyclic) bond motifs is 14. The van der Waals surface area contributed by atoms with Crippen LogP contribution >= 0.6 is 0 Å². The van der Waals surface area contributed by atoms with Gasteiger partial charge in [-0.2, -0.15) is 10.5 Å². The number of nitrogens with one attached hydrogen (secondary N) is 2. The van der Waals surface area contributed by atoms with Crippen LogP contribution in [-0.2, 0) is 67.5 Å². The molecule has 9 nitrogen and oxygen atoms in total. The Bertz CT molecular complexity index is 4290. The lowest BCUT2D eigenvalue weighted by Crippen LogP contribution is -2.35. The monoisotopic (exact) mass is 1200 g/mol. The first-order valence-electron chi connectivity index (χ1n) is 32.1. The summed E-state index contributed by atoms with van der Waals surface area (Å²) in [6.07, 6.45) is 6.53. The standard InChI is InChI=1S/C19H17NO2.C17H15NO.C17H17N.C15H13NO.C15H11N/c1-2-22-18(21)12-19(13-20)16-9-5-3-7-14(16)11-15-8-4-6-10-17(15)19;19-16-10-17(11-18-16)14-7-3-1-5-12(14)9-13-6-2-4-8-15(13)17;1-3-7-15-13(5-1)11-14-6-2-4-8-16(14)17(15)9-10-18-12-17;16-15(17)14-12-7-3-1-5-10(12)9-11-6-2-4-8-13(11)14;16-10-15-13-7-3-1-5-11(13)9-12-6-2-4-8-14(12)15/h3-10H,2,11-12H2,1H3;1-8H,9-11H2,(H,18,19);1-8,18H,9-12H2;1-8,14H,9H2,(H2,16,17);1-8,15H,9H2. The van der Waals surface area contributed by atoms with Crippen LogP contribution in [0.25, 0.3) is 0 Å². The predicted octanol–water partition coefficient (Wildman–Crippen LogP) is 14.1. The van der Waals surface area contributed by atoms with E-state index in [1.807, 2.05) is 109 Å². The van der Waals surface area contributed by atoms with Gasteiger partial charge >= 0.3 is 5.97 Å². The highest BCUT2D eigenvalue weighted by molar-refractivity contribution is 5.87. The number of carbonyl (C=O) groups excluding carboxylic acids is 3. The molecule has 0 saturated carbocycles. The maximum absolute atomic E-state index is 12.1. The smallest absolute Gasteiger partial charge is 0.308 e. The minimum absolute atomic E-state index is 0.0470. The van der Waals surface area contributed by atoms with Crippen molar-refractivity contribution in [3.8, 4) is 12.1 Å². The normalized spacial score (nSPS) is 16.1. The number of ether oxygens (including phenoxy) is 1. The second kappa shape index (κ2) is 26.2. The van der Waals surface area contributed by atoms with Gasteiger partial charge in [0.05, 0.1) is 37.0 Å². The predicted molar refractivity (Wildman–Crippen MR) is 361 cm³/mol. The Balaban J connectivity index is 0.000000105. The molecule has 0 radical (unpaired) electrons. The zero-order valence-electron chi connectivity index (χ0n) is 51.8. The number of benzene rings is 10. The lowest BCUT2D eigenvalue weighted by molar-refractivity contribution is -0.143. The molecule has 92 heavy (non-hydrogen) atoms. The average molecular weight is 1200 g/mol. The van der Waals surface area contributed by atoms with Crippen LogP contribution in [0, 0.1) is 22.7 Å². The number of hydrogen-bond acceptors (Lipinski definition) is 7. The van der Waals surface area contributed by atoms with Crippen molar-refractivity contribution < 1.29 is 19.1 Å². The van der Waals surface area contributed by atoms with E-state index in [9.17, 15) is 24.9 Å². The fourth-order valence-electron chi connectivity index (χ4n) is 15.9. The van der Waals surface area contributed by atoms with E-state index in [1.54, 1.807) is 18.1 Å². The lowest BCUT2D eigenvalue weighted by Gasteiger charge is -2.37.